The number of hydrogen-bond acceptors (Lipinski definition) is 3. The van der Waals surface area contributed by atoms with E-state index in [4.69, 9.17) is 0 Å². The van der Waals surface area contributed by atoms with Crippen molar-refractivity contribution in [3.8, 4) is 0 Å². The van der Waals surface area contributed by atoms with Crippen molar-refractivity contribution in [3.05, 3.63) is 35.9 Å². The Morgan fingerprint density at radius 3 is 2.87 bits per heavy atom. The molecule has 4 heteroatoms. The fraction of sp³-hybridized carbons (Fsp3) is 0.273. The van der Waals surface area contributed by atoms with E-state index in [1.54, 1.807) is 6.92 Å². The first-order chi connectivity index (χ1) is 7.31. The summed E-state index contributed by atoms with van der Waals surface area (Å²) < 4.78 is 0. The normalized spacial score (nSPS) is 19.7. The molecule has 0 spiro atoms. The lowest BCUT2D eigenvalue weighted by molar-refractivity contribution is 0.549. The van der Waals surface area contributed by atoms with E-state index in [-0.39, 0.29) is 0 Å². The third-order valence-electron chi connectivity index (χ3n) is 2.25. The Labute approximate surface area is 87.9 Å². The zero-order valence-electron chi connectivity index (χ0n) is 8.42. The summed E-state index contributed by atoms with van der Waals surface area (Å²) in [5.41, 5.74) is 1.24. The van der Waals surface area contributed by atoms with Crippen LogP contribution in [-0.2, 0) is 4.79 Å². The third kappa shape index (κ3) is 2.30. The molecule has 0 amide bonds. The Hall–Kier alpha value is -1.93. The molecule has 76 valence electrons. The second-order valence-corrected chi connectivity index (χ2v) is 3.40. The van der Waals surface area contributed by atoms with Crippen molar-refractivity contribution >= 4 is 11.9 Å². The lowest BCUT2D eigenvalue weighted by Crippen LogP contribution is -1.93. The SMILES string of the molecule is C/C(N=C=O)=N\N1CC1c1ccccc1. The van der Waals surface area contributed by atoms with Crippen molar-refractivity contribution in [2.75, 3.05) is 6.54 Å². The molecule has 0 saturated carbocycles. The Kier molecular flexibility index (Phi) is 2.61. The summed E-state index contributed by atoms with van der Waals surface area (Å²) in [6.07, 6.45) is 1.47. The van der Waals surface area contributed by atoms with Crippen LogP contribution < -0.4 is 0 Å². The molecule has 0 aromatic heterocycles. The summed E-state index contributed by atoms with van der Waals surface area (Å²) in [7, 11) is 0. The largest absolute Gasteiger partial charge is 0.283 e. The predicted molar refractivity (Wildman–Crippen MR) is 57.1 cm³/mol. The fourth-order valence-electron chi connectivity index (χ4n) is 1.47. The van der Waals surface area contributed by atoms with Gasteiger partial charge in [0.2, 0.25) is 6.08 Å². The van der Waals surface area contributed by atoms with Crippen LogP contribution in [0, 0.1) is 0 Å². The number of amidine groups is 1. The van der Waals surface area contributed by atoms with Crippen LogP contribution in [-0.4, -0.2) is 23.5 Å². The maximum absolute atomic E-state index is 9.98. The van der Waals surface area contributed by atoms with Crippen LogP contribution in [0.25, 0.3) is 0 Å². The second kappa shape index (κ2) is 4.07. The van der Waals surface area contributed by atoms with Crippen molar-refractivity contribution in [3.63, 3.8) is 0 Å². The Balaban J connectivity index is 2.03. The maximum Gasteiger partial charge on any atom is 0.241 e. The number of isocyanates is 1. The lowest BCUT2D eigenvalue weighted by Gasteiger charge is -1.98. The van der Waals surface area contributed by atoms with Gasteiger partial charge in [-0.3, -0.25) is 5.01 Å². The zero-order valence-corrected chi connectivity index (χ0v) is 8.42. The van der Waals surface area contributed by atoms with Gasteiger partial charge in [-0.15, -0.1) is 0 Å². The van der Waals surface area contributed by atoms with Crippen molar-refractivity contribution in [1.29, 1.82) is 0 Å². The standard InChI is InChI=1S/C11H11N3O/c1-9(12-8-15)13-14-7-11(14)10-5-3-2-4-6-10/h2-6,11H,7H2,1H3/b13-9+. The highest BCUT2D eigenvalue weighted by Gasteiger charge is 2.34. The molecule has 1 aliphatic heterocycles. The average molecular weight is 201 g/mol. The molecule has 1 unspecified atom stereocenters. The molecule has 1 fully saturated rings. The van der Waals surface area contributed by atoms with Crippen LogP contribution in [0.1, 0.15) is 18.5 Å². The highest BCUT2D eigenvalue weighted by molar-refractivity contribution is 5.84. The summed E-state index contributed by atoms with van der Waals surface area (Å²) in [6.45, 7) is 2.57. The minimum Gasteiger partial charge on any atom is -0.283 e. The van der Waals surface area contributed by atoms with Gasteiger partial charge in [0.25, 0.3) is 0 Å². The zero-order chi connectivity index (χ0) is 10.7. The minimum absolute atomic E-state index is 0.336. The van der Waals surface area contributed by atoms with Crippen LogP contribution in [0.2, 0.25) is 0 Å². The summed E-state index contributed by atoms with van der Waals surface area (Å²) in [5.74, 6) is 0.448. The molecule has 0 radical (unpaired) electrons. The predicted octanol–water partition coefficient (Wildman–Crippen LogP) is 1.71. The van der Waals surface area contributed by atoms with Gasteiger partial charge < -0.3 is 0 Å². The molecular formula is C11H11N3O. The number of rotatable bonds is 2. The van der Waals surface area contributed by atoms with Crippen molar-refractivity contribution < 1.29 is 4.79 Å². The Bertz CT molecular complexity index is 421. The molecule has 1 aromatic rings. The number of nitrogens with zero attached hydrogens (tertiary/aromatic N) is 3. The van der Waals surface area contributed by atoms with Gasteiger partial charge in [-0.25, -0.2) is 4.79 Å². The average Bonchev–Trinajstić information content (AvgIpc) is 2.99. The summed E-state index contributed by atoms with van der Waals surface area (Å²) >= 11 is 0. The monoisotopic (exact) mass is 201 g/mol. The second-order valence-electron chi connectivity index (χ2n) is 3.40. The summed E-state index contributed by atoms with van der Waals surface area (Å²) in [6, 6.07) is 10.5. The van der Waals surface area contributed by atoms with Gasteiger partial charge in [-0.05, 0) is 12.5 Å². The van der Waals surface area contributed by atoms with Gasteiger partial charge in [0.15, 0.2) is 5.84 Å². The number of aliphatic imine (C=N–C) groups is 1. The molecule has 0 bridgehead atoms. The fourth-order valence-corrected chi connectivity index (χ4v) is 1.47. The van der Waals surface area contributed by atoms with Crippen LogP contribution in [0.5, 0.6) is 0 Å². The molecule has 4 nitrogen and oxygen atoms in total. The first-order valence-electron chi connectivity index (χ1n) is 4.76. The third-order valence-corrected chi connectivity index (χ3v) is 2.25. The molecule has 2 rings (SSSR count). The van der Waals surface area contributed by atoms with Crippen LogP contribution in [0.3, 0.4) is 0 Å². The van der Waals surface area contributed by atoms with E-state index >= 15 is 0 Å². The topological polar surface area (TPSA) is 44.8 Å². The molecule has 1 saturated heterocycles. The molecular weight excluding hydrogens is 190 g/mol. The number of hydrazone groups is 1. The van der Waals surface area contributed by atoms with E-state index in [1.165, 1.54) is 11.6 Å². The first-order valence-corrected chi connectivity index (χ1v) is 4.76. The summed E-state index contributed by atoms with van der Waals surface area (Å²) in [4.78, 5) is 13.4. The minimum atomic E-state index is 0.336. The van der Waals surface area contributed by atoms with Gasteiger partial charge in [-0.1, -0.05) is 30.3 Å². The van der Waals surface area contributed by atoms with Crippen LogP contribution in [0.4, 0.5) is 0 Å². The van der Waals surface area contributed by atoms with Gasteiger partial charge >= 0.3 is 0 Å². The number of hydrogen-bond donors (Lipinski definition) is 0. The van der Waals surface area contributed by atoms with Crippen LogP contribution in [0.15, 0.2) is 40.4 Å². The molecule has 1 heterocycles. The molecule has 1 aromatic carbocycles. The van der Waals surface area contributed by atoms with Crippen molar-refractivity contribution in [1.82, 2.24) is 5.01 Å². The highest BCUT2D eigenvalue weighted by Crippen LogP contribution is 2.34. The van der Waals surface area contributed by atoms with E-state index in [1.807, 2.05) is 23.2 Å². The molecule has 15 heavy (non-hydrogen) atoms. The summed E-state index contributed by atoms with van der Waals surface area (Å²) in [5, 5.41) is 6.05. The number of benzene rings is 1. The quantitative estimate of drug-likeness (QED) is 0.316. The van der Waals surface area contributed by atoms with Crippen molar-refractivity contribution in [2.45, 2.75) is 13.0 Å². The molecule has 1 aliphatic rings. The van der Waals surface area contributed by atoms with Gasteiger partial charge in [0.1, 0.15) is 0 Å². The smallest absolute Gasteiger partial charge is 0.241 e. The molecule has 0 N–H and O–H groups in total. The van der Waals surface area contributed by atoms with E-state index in [0.717, 1.165) is 6.54 Å². The highest BCUT2D eigenvalue weighted by atomic mass is 16.1. The van der Waals surface area contributed by atoms with E-state index in [0.29, 0.717) is 11.9 Å². The lowest BCUT2D eigenvalue weighted by atomic mass is 10.2. The Morgan fingerprint density at radius 1 is 1.47 bits per heavy atom. The molecule has 1 atom stereocenters. The first kappa shape index (κ1) is 9.62. The van der Waals surface area contributed by atoms with Crippen molar-refractivity contribution in [2.24, 2.45) is 10.1 Å². The van der Waals surface area contributed by atoms with Gasteiger partial charge in [0.05, 0.1) is 12.6 Å². The van der Waals surface area contributed by atoms with Gasteiger partial charge in [0, 0.05) is 0 Å². The maximum atomic E-state index is 9.98. The van der Waals surface area contributed by atoms with E-state index < -0.39 is 0 Å². The molecule has 0 aliphatic carbocycles. The van der Waals surface area contributed by atoms with E-state index in [9.17, 15) is 4.79 Å². The van der Waals surface area contributed by atoms with Gasteiger partial charge in [-0.2, -0.15) is 10.1 Å². The van der Waals surface area contributed by atoms with E-state index in [2.05, 4.69) is 22.2 Å². The van der Waals surface area contributed by atoms with Crippen LogP contribution >= 0.6 is 0 Å². The Morgan fingerprint density at radius 2 is 2.20 bits per heavy atom. The number of carbonyl (C=O) groups excluding carboxylic acids is 1.